The molecule has 2 aromatic heterocycles. The minimum Gasteiger partial charge on any atom is -0.493 e. The molecule has 0 unspecified atom stereocenters. The monoisotopic (exact) mass is 467 g/mol. The summed E-state index contributed by atoms with van der Waals surface area (Å²) in [6.45, 7) is 5.21. The molecule has 0 bridgehead atoms. The topological polar surface area (TPSA) is 92.8 Å². The van der Waals surface area contributed by atoms with Crippen LogP contribution in [0.4, 0.5) is 5.00 Å². The Hall–Kier alpha value is -2.83. The number of carbonyl (C=O) groups is 1. The summed E-state index contributed by atoms with van der Waals surface area (Å²) >= 11 is 2.88. The SMILES string of the molecule is CCOc1ccccc1-c1nnc(SCC(=O)Nc2sc3c(c2C#N)CCCC3)n1CC. The maximum atomic E-state index is 12.7. The van der Waals surface area contributed by atoms with Crippen molar-refractivity contribution in [2.75, 3.05) is 17.7 Å². The van der Waals surface area contributed by atoms with E-state index in [0.717, 1.165) is 48.4 Å². The number of rotatable bonds is 8. The van der Waals surface area contributed by atoms with E-state index in [0.29, 0.717) is 28.9 Å². The maximum Gasteiger partial charge on any atom is 0.235 e. The fourth-order valence-electron chi connectivity index (χ4n) is 3.88. The van der Waals surface area contributed by atoms with Crippen LogP contribution in [0, 0.1) is 11.3 Å². The number of nitrogens with one attached hydrogen (secondary N) is 1. The van der Waals surface area contributed by atoms with E-state index >= 15 is 0 Å². The van der Waals surface area contributed by atoms with Gasteiger partial charge in [0.1, 0.15) is 16.8 Å². The van der Waals surface area contributed by atoms with E-state index in [9.17, 15) is 10.1 Å². The van der Waals surface area contributed by atoms with E-state index in [1.54, 1.807) is 11.3 Å². The van der Waals surface area contributed by atoms with Gasteiger partial charge in [0, 0.05) is 11.4 Å². The van der Waals surface area contributed by atoms with Crippen LogP contribution in [0.1, 0.15) is 42.7 Å². The molecule has 1 amide bonds. The molecule has 0 saturated heterocycles. The van der Waals surface area contributed by atoms with Crippen molar-refractivity contribution in [2.24, 2.45) is 0 Å². The summed E-state index contributed by atoms with van der Waals surface area (Å²) in [7, 11) is 0. The molecule has 0 aliphatic heterocycles. The van der Waals surface area contributed by atoms with Crippen LogP contribution in [0.5, 0.6) is 5.75 Å². The zero-order chi connectivity index (χ0) is 22.5. The van der Waals surface area contributed by atoms with Gasteiger partial charge in [0.15, 0.2) is 11.0 Å². The van der Waals surface area contributed by atoms with Gasteiger partial charge in [-0.1, -0.05) is 23.9 Å². The number of benzene rings is 1. The third kappa shape index (κ3) is 4.52. The Morgan fingerprint density at radius 2 is 2.09 bits per heavy atom. The van der Waals surface area contributed by atoms with Gasteiger partial charge in [-0.05, 0) is 57.2 Å². The molecule has 0 radical (unpaired) electrons. The van der Waals surface area contributed by atoms with Gasteiger partial charge < -0.3 is 14.6 Å². The molecule has 9 heteroatoms. The van der Waals surface area contributed by atoms with Gasteiger partial charge >= 0.3 is 0 Å². The molecule has 166 valence electrons. The summed E-state index contributed by atoms with van der Waals surface area (Å²) in [5.74, 6) is 1.53. The van der Waals surface area contributed by atoms with E-state index in [4.69, 9.17) is 4.74 Å². The number of thiophene rings is 1. The van der Waals surface area contributed by atoms with Crippen molar-refractivity contribution < 1.29 is 9.53 Å². The molecule has 3 aromatic rings. The summed E-state index contributed by atoms with van der Waals surface area (Å²) < 4.78 is 7.73. The molecule has 0 atom stereocenters. The molecular weight excluding hydrogens is 442 g/mol. The summed E-state index contributed by atoms with van der Waals surface area (Å²) in [5.41, 5.74) is 2.63. The quantitative estimate of drug-likeness (QED) is 0.473. The van der Waals surface area contributed by atoms with Crippen LogP contribution in [-0.2, 0) is 24.2 Å². The van der Waals surface area contributed by atoms with Crippen molar-refractivity contribution in [2.45, 2.75) is 51.2 Å². The minimum atomic E-state index is -0.146. The van der Waals surface area contributed by atoms with Gasteiger partial charge in [0.05, 0.1) is 23.5 Å². The van der Waals surface area contributed by atoms with Crippen LogP contribution in [0.3, 0.4) is 0 Å². The van der Waals surface area contributed by atoms with E-state index in [-0.39, 0.29) is 11.7 Å². The highest BCUT2D eigenvalue weighted by molar-refractivity contribution is 7.99. The minimum absolute atomic E-state index is 0.146. The number of hydrogen-bond acceptors (Lipinski definition) is 7. The second-order valence-electron chi connectivity index (χ2n) is 7.34. The predicted octanol–water partition coefficient (Wildman–Crippen LogP) is 4.91. The van der Waals surface area contributed by atoms with Crippen LogP contribution in [0.15, 0.2) is 29.4 Å². The van der Waals surface area contributed by atoms with Gasteiger partial charge in [-0.25, -0.2) is 0 Å². The van der Waals surface area contributed by atoms with E-state index < -0.39 is 0 Å². The summed E-state index contributed by atoms with van der Waals surface area (Å²) in [5, 5.41) is 22.6. The summed E-state index contributed by atoms with van der Waals surface area (Å²) in [6.07, 6.45) is 4.15. The highest BCUT2D eigenvalue weighted by Gasteiger charge is 2.22. The highest BCUT2D eigenvalue weighted by atomic mass is 32.2. The molecule has 7 nitrogen and oxygen atoms in total. The van der Waals surface area contributed by atoms with Crippen molar-refractivity contribution in [1.82, 2.24) is 14.8 Å². The third-order valence-electron chi connectivity index (χ3n) is 5.33. The van der Waals surface area contributed by atoms with Crippen LogP contribution in [-0.4, -0.2) is 33.0 Å². The van der Waals surface area contributed by atoms with Gasteiger partial charge in [-0.2, -0.15) is 5.26 Å². The number of ether oxygens (including phenoxy) is 1. The first-order valence-electron chi connectivity index (χ1n) is 10.8. The number of para-hydroxylation sites is 1. The first-order valence-corrected chi connectivity index (χ1v) is 12.6. The lowest BCUT2D eigenvalue weighted by atomic mass is 9.96. The molecule has 0 saturated carbocycles. The number of fused-ring (bicyclic) bond motifs is 1. The Morgan fingerprint density at radius 3 is 2.88 bits per heavy atom. The van der Waals surface area contributed by atoms with E-state index in [1.165, 1.54) is 16.6 Å². The maximum absolute atomic E-state index is 12.7. The Labute approximate surface area is 195 Å². The molecule has 1 N–H and O–H groups in total. The molecule has 4 rings (SSSR count). The van der Waals surface area contributed by atoms with Crippen molar-refractivity contribution in [3.63, 3.8) is 0 Å². The molecule has 0 fully saturated rings. The normalized spacial score (nSPS) is 12.8. The van der Waals surface area contributed by atoms with E-state index in [1.807, 2.05) is 42.7 Å². The number of carbonyl (C=O) groups excluding carboxylic acids is 1. The van der Waals surface area contributed by atoms with Gasteiger partial charge in [0.2, 0.25) is 5.91 Å². The molecule has 2 heterocycles. The van der Waals surface area contributed by atoms with Crippen molar-refractivity contribution in [3.05, 3.63) is 40.3 Å². The second kappa shape index (κ2) is 10.2. The number of nitriles is 1. The Kier molecular flexibility index (Phi) is 7.12. The lowest BCUT2D eigenvalue weighted by Crippen LogP contribution is -2.14. The van der Waals surface area contributed by atoms with Crippen LogP contribution in [0.2, 0.25) is 0 Å². The molecule has 32 heavy (non-hydrogen) atoms. The number of amides is 1. The summed E-state index contributed by atoms with van der Waals surface area (Å²) in [6, 6.07) is 10.0. The average Bonchev–Trinajstić information content (AvgIpc) is 3.38. The van der Waals surface area contributed by atoms with Crippen LogP contribution < -0.4 is 10.1 Å². The van der Waals surface area contributed by atoms with Crippen molar-refractivity contribution in [1.29, 1.82) is 5.26 Å². The number of hydrogen-bond donors (Lipinski definition) is 1. The first kappa shape index (κ1) is 22.4. The Bertz CT molecular complexity index is 1160. The highest BCUT2D eigenvalue weighted by Crippen LogP contribution is 2.38. The zero-order valence-electron chi connectivity index (χ0n) is 18.2. The molecular formula is C23H25N5O2S2. The van der Waals surface area contributed by atoms with Gasteiger partial charge in [0.25, 0.3) is 0 Å². The van der Waals surface area contributed by atoms with Crippen molar-refractivity contribution >= 4 is 34.0 Å². The fourth-order valence-corrected chi connectivity index (χ4v) is 5.94. The Morgan fingerprint density at radius 1 is 1.28 bits per heavy atom. The van der Waals surface area contributed by atoms with Gasteiger partial charge in [-0.15, -0.1) is 21.5 Å². The largest absolute Gasteiger partial charge is 0.493 e. The number of nitrogens with zero attached hydrogens (tertiary/aromatic N) is 4. The van der Waals surface area contributed by atoms with E-state index in [2.05, 4.69) is 21.6 Å². The Balaban J connectivity index is 1.48. The molecule has 1 aliphatic rings. The smallest absolute Gasteiger partial charge is 0.235 e. The average molecular weight is 468 g/mol. The lowest BCUT2D eigenvalue weighted by molar-refractivity contribution is -0.113. The fraction of sp³-hybridized carbons (Fsp3) is 0.391. The van der Waals surface area contributed by atoms with Gasteiger partial charge in [-0.3, -0.25) is 4.79 Å². The number of thioether (sulfide) groups is 1. The number of aromatic nitrogens is 3. The lowest BCUT2D eigenvalue weighted by Gasteiger charge is -2.11. The first-order chi connectivity index (χ1) is 15.7. The third-order valence-corrected chi connectivity index (χ3v) is 7.50. The van der Waals surface area contributed by atoms with Crippen LogP contribution in [0.25, 0.3) is 11.4 Å². The predicted molar refractivity (Wildman–Crippen MR) is 127 cm³/mol. The number of anilines is 1. The van der Waals surface area contributed by atoms with Crippen LogP contribution >= 0.6 is 23.1 Å². The molecule has 1 aromatic carbocycles. The number of aryl methyl sites for hydroxylation is 1. The summed E-state index contributed by atoms with van der Waals surface area (Å²) in [4.78, 5) is 13.9. The standard InChI is InChI=1S/C23H25N5O2S2/c1-3-28-21(16-10-5-7-11-18(16)30-4-2)26-27-23(28)31-14-20(29)25-22-17(13-24)15-9-6-8-12-19(15)32-22/h5,7,10-11H,3-4,6,8-9,12,14H2,1-2H3,(H,25,29). The zero-order valence-corrected chi connectivity index (χ0v) is 19.8. The molecule has 1 aliphatic carbocycles. The van der Waals surface area contributed by atoms with Crippen molar-refractivity contribution in [3.8, 4) is 23.2 Å². The molecule has 0 spiro atoms. The second-order valence-corrected chi connectivity index (χ2v) is 9.39.